The molecule has 2 rings (SSSR count). The van der Waals surface area contributed by atoms with Gasteiger partial charge in [0, 0.05) is 17.5 Å². The Kier molecular flexibility index (Phi) is 4.77. The Balaban J connectivity index is 1.79. The first kappa shape index (κ1) is 11.7. The van der Waals surface area contributed by atoms with Crippen LogP contribution in [0.15, 0.2) is 0 Å². The Morgan fingerprint density at radius 2 is 1.33 bits per heavy atom. The van der Waals surface area contributed by atoms with E-state index in [0.717, 1.165) is 6.04 Å². The van der Waals surface area contributed by atoms with E-state index in [1.807, 2.05) is 0 Å². The second-order valence-corrected chi connectivity index (χ2v) is 5.82. The summed E-state index contributed by atoms with van der Waals surface area (Å²) >= 11 is 6.44. The topological polar surface area (TPSA) is 12.0 Å². The van der Waals surface area contributed by atoms with Crippen LogP contribution in [-0.2, 0) is 0 Å². The molecule has 0 aromatic rings. The summed E-state index contributed by atoms with van der Waals surface area (Å²) < 4.78 is 0. The summed E-state index contributed by atoms with van der Waals surface area (Å²) in [6.45, 7) is 0. The highest BCUT2D eigenvalue weighted by Crippen LogP contribution is 2.25. The molecule has 0 heterocycles. The maximum atomic E-state index is 6.44. The Bertz CT molecular complexity index is 177. The average Bonchev–Trinajstić information content (AvgIpc) is 2.46. The largest absolute Gasteiger partial charge is 0.310 e. The molecular weight excluding hydrogens is 206 g/mol. The first-order valence-electron chi connectivity index (χ1n) is 6.76. The van der Waals surface area contributed by atoms with Gasteiger partial charge in [0.2, 0.25) is 0 Å². The fourth-order valence-corrected chi connectivity index (χ4v) is 3.38. The third-order valence-corrected chi connectivity index (χ3v) is 4.51. The van der Waals surface area contributed by atoms with Crippen LogP contribution in [0.1, 0.15) is 64.2 Å². The Morgan fingerprint density at radius 1 is 0.733 bits per heavy atom. The summed E-state index contributed by atoms with van der Waals surface area (Å²) in [6, 6.07) is 1.36. The number of halogens is 1. The van der Waals surface area contributed by atoms with E-state index >= 15 is 0 Å². The molecule has 2 unspecified atom stereocenters. The lowest BCUT2D eigenvalue weighted by Gasteiger charge is -2.30. The molecule has 1 N–H and O–H groups in total. The van der Waals surface area contributed by atoms with Gasteiger partial charge in [0.15, 0.2) is 0 Å². The first-order chi connectivity index (χ1) is 7.36. The molecule has 88 valence electrons. The van der Waals surface area contributed by atoms with Crippen molar-refractivity contribution in [1.82, 2.24) is 5.32 Å². The highest BCUT2D eigenvalue weighted by atomic mass is 35.5. The monoisotopic (exact) mass is 229 g/mol. The lowest BCUT2D eigenvalue weighted by molar-refractivity contribution is 0.322. The van der Waals surface area contributed by atoms with Gasteiger partial charge in [-0.15, -0.1) is 11.6 Å². The van der Waals surface area contributed by atoms with E-state index in [0.29, 0.717) is 11.4 Å². The summed E-state index contributed by atoms with van der Waals surface area (Å²) in [5.41, 5.74) is 0. The maximum Gasteiger partial charge on any atom is 0.0489 e. The van der Waals surface area contributed by atoms with Gasteiger partial charge in [0.1, 0.15) is 0 Å². The predicted molar refractivity (Wildman–Crippen MR) is 66.5 cm³/mol. The van der Waals surface area contributed by atoms with E-state index in [1.54, 1.807) is 0 Å². The zero-order valence-electron chi connectivity index (χ0n) is 9.68. The molecule has 2 aliphatic carbocycles. The Hall–Kier alpha value is 0.250. The third-order valence-electron chi connectivity index (χ3n) is 3.99. The van der Waals surface area contributed by atoms with Crippen LogP contribution in [0.4, 0.5) is 0 Å². The quantitative estimate of drug-likeness (QED) is 0.560. The van der Waals surface area contributed by atoms with Crippen LogP contribution < -0.4 is 5.32 Å². The summed E-state index contributed by atoms with van der Waals surface area (Å²) in [6.07, 6.45) is 13.6. The van der Waals surface area contributed by atoms with Crippen LogP contribution in [0.5, 0.6) is 0 Å². The molecule has 0 aliphatic heterocycles. The van der Waals surface area contributed by atoms with Crippen molar-refractivity contribution in [1.29, 1.82) is 0 Å². The number of hydrogen-bond acceptors (Lipinski definition) is 1. The van der Waals surface area contributed by atoms with E-state index in [1.165, 1.54) is 64.2 Å². The van der Waals surface area contributed by atoms with Crippen molar-refractivity contribution in [2.45, 2.75) is 81.7 Å². The number of nitrogens with one attached hydrogen (secondary N) is 1. The summed E-state index contributed by atoms with van der Waals surface area (Å²) in [5, 5.41) is 4.20. The van der Waals surface area contributed by atoms with Crippen LogP contribution in [0.3, 0.4) is 0 Å². The van der Waals surface area contributed by atoms with Crippen LogP contribution >= 0.6 is 11.6 Å². The zero-order chi connectivity index (χ0) is 10.5. The average molecular weight is 230 g/mol. The van der Waals surface area contributed by atoms with Crippen molar-refractivity contribution < 1.29 is 0 Å². The molecule has 0 amide bonds. The lowest BCUT2D eigenvalue weighted by atomic mass is 9.94. The van der Waals surface area contributed by atoms with Gasteiger partial charge >= 0.3 is 0 Å². The molecule has 15 heavy (non-hydrogen) atoms. The maximum absolute atomic E-state index is 6.44. The predicted octanol–water partition coefficient (Wildman–Crippen LogP) is 3.85. The van der Waals surface area contributed by atoms with E-state index in [-0.39, 0.29) is 0 Å². The number of hydrogen-bond donors (Lipinski definition) is 1. The molecule has 2 saturated carbocycles. The summed E-state index contributed by atoms with van der Waals surface area (Å²) in [5.74, 6) is 0. The number of rotatable bonds is 2. The molecule has 2 aliphatic rings. The molecule has 0 bridgehead atoms. The van der Waals surface area contributed by atoms with E-state index in [9.17, 15) is 0 Å². The van der Waals surface area contributed by atoms with Crippen LogP contribution in [-0.4, -0.2) is 17.5 Å². The smallest absolute Gasteiger partial charge is 0.0489 e. The molecule has 0 spiro atoms. The molecule has 0 saturated heterocycles. The highest BCUT2D eigenvalue weighted by Gasteiger charge is 2.24. The van der Waals surface area contributed by atoms with Crippen molar-refractivity contribution in [3.63, 3.8) is 0 Å². The first-order valence-corrected chi connectivity index (χ1v) is 7.20. The molecule has 0 radical (unpaired) electrons. The van der Waals surface area contributed by atoms with Crippen molar-refractivity contribution >= 4 is 11.6 Å². The van der Waals surface area contributed by atoms with Gasteiger partial charge in [-0.05, 0) is 25.7 Å². The molecule has 1 nitrogen and oxygen atoms in total. The number of alkyl halides is 1. The second kappa shape index (κ2) is 6.10. The molecule has 0 aromatic carbocycles. The lowest BCUT2D eigenvalue weighted by Crippen LogP contribution is -2.43. The van der Waals surface area contributed by atoms with Crippen LogP contribution in [0, 0.1) is 0 Å². The van der Waals surface area contributed by atoms with Gasteiger partial charge in [0.25, 0.3) is 0 Å². The van der Waals surface area contributed by atoms with E-state index < -0.39 is 0 Å². The normalized spacial score (nSPS) is 35.0. The van der Waals surface area contributed by atoms with Crippen LogP contribution in [0.25, 0.3) is 0 Å². The fourth-order valence-electron chi connectivity index (χ4n) is 3.02. The van der Waals surface area contributed by atoms with E-state index in [2.05, 4.69) is 5.32 Å². The van der Waals surface area contributed by atoms with Crippen molar-refractivity contribution in [2.75, 3.05) is 0 Å². The minimum Gasteiger partial charge on any atom is -0.310 e. The van der Waals surface area contributed by atoms with Crippen molar-refractivity contribution in [2.24, 2.45) is 0 Å². The standard InChI is InChI=1S/C13H24ClN/c14-12-9-5-2-6-10-13(12)15-11-7-3-1-4-8-11/h11-13,15H,1-10H2. The van der Waals surface area contributed by atoms with Crippen LogP contribution in [0.2, 0.25) is 0 Å². The van der Waals surface area contributed by atoms with Crippen molar-refractivity contribution in [3.8, 4) is 0 Å². The molecule has 2 heteroatoms. The SMILES string of the molecule is ClC1CCCCCC1NC1CCCCC1. The van der Waals surface area contributed by atoms with Gasteiger partial charge in [-0.25, -0.2) is 0 Å². The third kappa shape index (κ3) is 3.64. The minimum atomic E-state index is 0.384. The minimum absolute atomic E-state index is 0.384. The Labute approximate surface area is 99.0 Å². The molecule has 2 atom stereocenters. The second-order valence-electron chi connectivity index (χ2n) is 5.26. The molecular formula is C13H24ClN. The summed E-state index contributed by atoms with van der Waals surface area (Å²) in [4.78, 5) is 0. The van der Waals surface area contributed by atoms with Gasteiger partial charge in [-0.2, -0.15) is 0 Å². The van der Waals surface area contributed by atoms with Gasteiger partial charge in [-0.3, -0.25) is 0 Å². The fraction of sp³-hybridized carbons (Fsp3) is 1.00. The summed E-state index contributed by atoms with van der Waals surface area (Å²) in [7, 11) is 0. The van der Waals surface area contributed by atoms with Gasteiger partial charge in [-0.1, -0.05) is 38.5 Å². The van der Waals surface area contributed by atoms with Gasteiger partial charge < -0.3 is 5.32 Å². The Morgan fingerprint density at radius 3 is 2.07 bits per heavy atom. The van der Waals surface area contributed by atoms with Gasteiger partial charge in [0.05, 0.1) is 0 Å². The zero-order valence-corrected chi connectivity index (χ0v) is 10.4. The highest BCUT2D eigenvalue weighted by molar-refractivity contribution is 6.21. The molecule has 2 fully saturated rings. The van der Waals surface area contributed by atoms with Crippen molar-refractivity contribution in [3.05, 3.63) is 0 Å². The van der Waals surface area contributed by atoms with E-state index in [4.69, 9.17) is 11.6 Å². The molecule has 0 aromatic heterocycles.